The Hall–Kier alpha value is -2.85. The van der Waals surface area contributed by atoms with Gasteiger partial charge < -0.3 is 9.64 Å². The molecule has 0 saturated carbocycles. The molecule has 4 heteroatoms. The second-order valence-electron chi connectivity index (χ2n) is 9.13. The van der Waals surface area contributed by atoms with Crippen molar-refractivity contribution in [3.05, 3.63) is 114 Å². The molecule has 1 aliphatic heterocycles. The smallest absolute Gasteiger partial charge is 0.127 e. The van der Waals surface area contributed by atoms with E-state index in [0.717, 1.165) is 51.5 Å². The Balaban J connectivity index is 0.00000289. The first-order valence-corrected chi connectivity index (χ1v) is 12.6. The van der Waals surface area contributed by atoms with Crippen LogP contribution in [0, 0.1) is 0 Å². The standard InChI is InChI=1S/C31H34N2O.ClH/c1-3-13-27(14-4-1)31(28-15-5-2-6-16-28)33-23-21-32(22-24-33)20-9-10-25-34-30-19-11-17-26-12-7-8-18-29(26)30;/h1-8,11-19,31H,9-10,20-25H2;1H. The Morgan fingerprint density at radius 3 is 1.91 bits per heavy atom. The van der Waals surface area contributed by atoms with Crippen LogP contribution in [0.5, 0.6) is 5.75 Å². The van der Waals surface area contributed by atoms with E-state index in [9.17, 15) is 0 Å². The number of benzene rings is 4. The summed E-state index contributed by atoms with van der Waals surface area (Å²) in [5.74, 6) is 1.000. The lowest BCUT2D eigenvalue weighted by Crippen LogP contribution is -2.48. The van der Waals surface area contributed by atoms with Crippen molar-refractivity contribution >= 4 is 23.2 Å². The largest absolute Gasteiger partial charge is 0.493 e. The van der Waals surface area contributed by atoms with E-state index in [2.05, 4.69) is 113 Å². The summed E-state index contributed by atoms with van der Waals surface area (Å²) in [5, 5.41) is 2.44. The molecule has 182 valence electrons. The van der Waals surface area contributed by atoms with Crippen LogP contribution in [0.3, 0.4) is 0 Å². The zero-order valence-electron chi connectivity index (χ0n) is 20.3. The van der Waals surface area contributed by atoms with Crippen LogP contribution in [0.15, 0.2) is 103 Å². The lowest BCUT2D eigenvalue weighted by Gasteiger charge is -2.39. The number of fused-ring (bicyclic) bond motifs is 1. The van der Waals surface area contributed by atoms with Gasteiger partial charge in [0.15, 0.2) is 0 Å². The molecule has 0 amide bonds. The summed E-state index contributed by atoms with van der Waals surface area (Å²) < 4.78 is 6.13. The summed E-state index contributed by atoms with van der Waals surface area (Å²) in [6.07, 6.45) is 2.26. The minimum absolute atomic E-state index is 0. The van der Waals surface area contributed by atoms with E-state index in [-0.39, 0.29) is 12.4 Å². The summed E-state index contributed by atoms with van der Waals surface area (Å²) in [6.45, 7) is 6.37. The van der Waals surface area contributed by atoms with Gasteiger partial charge in [-0.1, -0.05) is 97.1 Å². The zero-order valence-corrected chi connectivity index (χ0v) is 21.1. The molecule has 0 atom stereocenters. The highest BCUT2D eigenvalue weighted by molar-refractivity contribution is 5.88. The number of ether oxygens (including phenoxy) is 1. The third kappa shape index (κ3) is 6.43. The summed E-state index contributed by atoms with van der Waals surface area (Å²) in [5.41, 5.74) is 2.76. The van der Waals surface area contributed by atoms with Gasteiger partial charge in [0, 0.05) is 31.6 Å². The predicted molar refractivity (Wildman–Crippen MR) is 149 cm³/mol. The summed E-state index contributed by atoms with van der Waals surface area (Å²) in [6, 6.07) is 37.0. The van der Waals surface area contributed by atoms with Gasteiger partial charge in [-0.15, -0.1) is 12.4 Å². The molecule has 0 spiro atoms. The Bertz CT molecular complexity index is 1120. The van der Waals surface area contributed by atoms with Crippen molar-refractivity contribution in [1.82, 2.24) is 9.80 Å². The van der Waals surface area contributed by atoms with Gasteiger partial charge in [0.25, 0.3) is 0 Å². The molecule has 0 aliphatic carbocycles. The van der Waals surface area contributed by atoms with Gasteiger partial charge in [0.05, 0.1) is 12.6 Å². The van der Waals surface area contributed by atoms with E-state index in [1.807, 2.05) is 0 Å². The lowest BCUT2D eigenvalue weighted by atomic mass is 9.96. The second-order valence-corrected chi connectivity index (χ2v) is 9.13. The van der Waals surface area contributed by atoms with Crippen LogP contribution >= 0.6 is 12.4 Å². The Morgan fingerprint density at radius 1 is 0.629 bits per heavy atom. The van der Waals surface area contributed by atoms with Crippen LogP contribution in [-0.2, 0) is 0 Å². The number of hydrogen-bond acceptors (Lipinski definition) is 3. The number of unbranched alkanes of at least 4 members (excludes halogenated alkanes) is 1. The zero-order chi connectivity index (χ0) is 23.0. The maximum absolute atomic E-state index is 6.13. The molecule has 0 unspecified atom stereocenters. The third-order valence-corrected chi connectivity index (χ3v) is 6.88. The van der Waals surface area contributed by atoms with Crippen LogP contribution in [-0.4, -0.2) is 49.1 Å². The molecule has 5 rings (SSSR count). The van der Waals surface area contributed by atoms with Crippen LogP contribution in [0.1, 0.15) is 30.0 Å². The Morgan fingerprint density at radius 2 is 1.23 bits per heavy atom. The van der Waals surface area contributed by atoms with Crippen LogP contribution in [0.4, 0.5) is 0 Å². The predicted octanol–water partition coefficient (Wildman–Crippen LogP) is 6.83. The monoisotopic (exact) mass is 486 g/mol. The van der Waals surface area contributed by atoms with Gasteiger partial charge in [-0.2, -0.15) is 0 Å². The quantitative estimate of drug-likeness (QED) is 0.241. The van der Waals surface area contributed by atoms with Gasteiger partial charge >= 0.3 is 0 Å². The molecular formula is C31H35ClN2O. The van der Waals surface area contributed by atoms with Crippen LogP contribution < -0.4 is 4.74 Å². The van der Waals surface area contributed by atoms with Crippen molar-refractivity contribution in [3.8, 4) is 5.75 Å². The molecule has 4 aromatic carbocycles. The molecule has 4 aromatic rings. The van der Waals surface area contributed by atoms with E-state index in [0.29, 0.717) is 6.04 Å². The number of halogens is 1. The fraction of sp³-hybridized carbons (Fsp3) is 0.290. The fourth-order valence-corrected chi connectivity index (χ4v) is 5.07. The van der Waals surface area contributed by atoms with Crippen molar-refractivity contribution in [2.24, 2.45) is 0 Å². The van der Waals surface area contributed by atoms with Gasteiger partial charge in [-0.25, -0.2) is 0 Å². The number of piperazine rings is 1. The normalized spacial score (nSPS) is 14.7. The highest BCUT2D eigenvalue weighted by Crippen LogP contribution is 2.29. The molecule has 0 radical (unpaired) electrons. The average molecular weight is 487 g/mol. The van der Waals surface area contributed by atoms with Gasteiger partial charge in [-0.05, 0) is 42.0 Å². The van der Waals surface area contributed by atoms with E-state index in [1.54, 1.807) is 0 Å². The minimum atomic E-state index is 0. The maximum Gasteiger partial charge on any atom is 0.127 e. The van der Waals surface area contributed by atoms with E-state index >= 15 is 0 Å². The second kappa shape index (κ2) is 12.7. The Kier molecular flexibility index (Phi) is 9.19. The highest BCUT2D eigenvalue weighted by Gasteiger charge is 2.26. The maximum atomic E-state index is 6.13. The molecule has 1 aliphatic rings. The molecule has 35 heavy (non-hydrogen) atoms. The first-order chi connectivity index (χ1) is 16.9. The number of rotatable bonds is 9. The molecule has 0 N–H and O–H groups in total. The SMILES string of the molecule is Cl.c1ccc(C(c2ccccc2)N2CCN(CCCCOc3cccc4ccccc34)CC2)cc1. The average Bonchev–Trinajstić information content (AvgIpc) is 2.91. The molecular weight excluding hydrogens is 452 g/mol. The van der Waals surface area contributed by atoms with E-state index in [1.165, 1.54) is 28.3 Å². The minimum Gasteiger partial charge on any atom is -0.493 e. The molecule has 0 bridgehead atoms. The van der Waals surface area contributed by atoms with Crippen molar-refractivity contribution in [2.45, 2.75) is 18.9 Å². The van der Waals surface area contributed by atoms with Crippen molar-refractivity contribution in [1.29, 1.82) is 0 Å². The summed E-state index contributed by atoms with van der Waals surface area (Å²) >= 11 is 0. The Labute approximate surface area is 215 Å². The molecule has 3 nitrogen and oxygen atoms in total. The van der Waals surface area contributed by atoms with Crippen LogP contribution in [0.25, 0.3) is 10.8 Å². The molecule has 1 fully saturated rings. The molecule has 0 aromatic heterocycles. The van der Waals surface area contributed by atoms with Crippen molar-refractivity contribution in [3.63, 3.8) is 0 Å². The van der Waals surface area contributed by atoms with Gasteiger partial charge in [0.2, 0.25) is 0 Å². The van der Waals surface area contributed by atoms with E-state index in [4.69, 9.17) is 4.74 Å². The van der Waals surface area contributed by atoms with Gasteiger partial charge in [0.1, 0.15) is 5.75 Å². The number of hydrogen-bond donors (Lipinski definition) is 0. The lowest BCUT2D eigenvalue weighted by molar-refractivity contribution is 0.107. The highest BCUT2D eigenvalue weighted by atomic mass is 35.5. The van der Waals surface area contributed by atoms with Crippen LogP contribution in [0.2, 0.25) is 0 Å². The van der Waals surface area contributed by atoms with E-state index < -0.39 is 0 Å². The summed E-state index contributed by atoms with van der Waals surface area (Å²) in [4.78, 5) is 5.26. The van der Waals surface area contributed by atoms with Gasteiger partial charge in [-0.3, -0.25) is 4.90 Å². The molecule has 1 saturated heterocycles. The first kappa shape index (κ1) is 25.2. The third-order valence-electron chi connectivity index (χ3n) is 6.88. The van der Waals surface area contributed by atoms with Crippen molar-refractivity contribution < 1.29 is 4.74 Å². The fourth-order valence-electron chi connectivity index (χ4n) is 5.07. The number of nitrogens with zero attached hydrogens (tertiary/aromatic N) is 2. The molecule has 1 heterocycles. The van der Waals surface area contributed by atoms with Crippen molar-refractivity contribution in [2.75, 3.05) is 39.3 Å². The first-order valence-electron chi connectivity index (χ1n) is 12.6. The topological polar surface area (TPSA) is 15.7 Å². The summed E-state index contributed by atoms with van der Waals surface area (Å²) in [7, 11) is 0.